The Balaban J connectivity index is 1.33. The maximum atomic E-state index is 13.3. The number of ether oxygens (including phenoxy) is 2. The maximum absolute atomic E-state index is 13.3. The van der Waals surface area contributed by atoms with Gasteiger partial charge in [-0.3, -0.25) is 4.79 Å². The molecule has 0 N–H and O–H groups in total. The van der Waals surface area contributed by atoms with Gasteiger partial charge >= 0.3 is 0 Å². The van der Waals surface area contributed by atoms with E-state index in [2.05, 4.69) is 84.9 Å². The van der Waals surface area contributed by atoms with E-state index < -0.39 is 0 Å². The van der Waals surface area contributed by atoms with Gasteiger partial charge in [0.2, 0.25) is 0 Å². The third kappa shape index (κ3) is 8.05. The van der Waals surface area contributed by atoms with Crippen molar-refractivity contribution in [1.82, 2.24) is 4.90 Å². The number of thiophene rings is 1. The van der Waals surface area contributed by atoms with Crippen molar-refractivity contribution in [3.05, 3.63) is 159 Å². The average Bonchev–Trinajstić information content (AvgIpc) is 3.79. The molecule has 1 saturated heterocycles. The number of allylic oxidation sites excluding steroid dienone is 2. The van der Waals surface area contributed by atoms with E-state index in [-0.39, 0.29) is 16.9 Å². The third-order valence-electron chi connectivity index (χ3n) is 8.85. The number of methoxy groups -OCH3 is 2. The van der Waals surface area contributed by atoms with E-state index in [0.717, 1.165) is 60.2 Å². The normalized spacial score (nSPS) is 14.4. The van der Waals surface area contributed by atoms with Crippen molar-refractivity contribution < 1.29 is 14.3 Å². The van der Waals surface area contributed by atoms with Gasteiger partial charge in [-0.05, 0) is 101 Å². The van der Waals surface area contributed by atoms with E-state index >= 15 is 0 Å². The fraction of sp³-hybridized carbons (Fsp3) is 0.159. The molecule has 258 valence electrons. The molecule has 6 nitrogen and oxygen atoms in total. The number of hydrogen-bond donors (Lipinski definition) is 0. The fourth-order valence-electron chi connectivity index (χ4n) is 6.22. The summed E-state index contributed by atoms with van der Waals surface area (Å²) in [5.41, 5.74) is 7.73. The van der Waals surface area contributed by atoms with Crippen LogP contribution in [0.4, 0.5) is 0 Å². The molecular formula is C44H37N3O3S2. The van der Waals surface area contributed by atoms with Gasteiger partial charge in [-0.1, -0.05) is 96.7 Å². The molecule has 8 heteroatoms. The summed E-state index contributed by atoms with van der Waals surface area (Å²) in [5, 5.41) is 18.1. The molecule has 1 aliphatic heterocycles. The van der Waals surface area contributed by atoms with Crippen LogP contribution >= 0.6 is 23.1 Å². The summed E-state index contributed by atoms with van der Waals surface area (Å²) in [6, 6.07) is 43.5. The topological polar surface area (TPSA) is 86.3 Å². The maximum Gasteiger partial charge on any atom is 0.261 e. The molecule has 1 aromatic heterocycles. The minimum Gasteiger partial charge on any atom is -0.497 e. The molecule has 52 heavy (non-hydrogen) atoms. The first kappa shape index (κ1) is 36.0. The van der Waals surface area contributed by atoms with Crippen LogP contribution in [0.1, 0.15) is 46.9 Å². The van der Waals surface area contributed by atoms with Crippen molar-refractivity contribution in [2.45, 2.75) is 25.1 Å². The second-order valence-corrected chi connectivity index (χ2v) is 14.3. The van der Waals surface area contributed by atoms with E-state index in [1.54, 1.807) is 43.4 Å². The lowest BCUT2D eigenvalue weighted by molar-refractivity contribution is -0.125. The SMILES string of the molecule is CCN1C(=O)C(=Cc2ccc(-c3ccc(C(=C(c4ccc(OC)cc4)c4ccc(OC)cc4)c4ccccc4)cc3)s2)SC1CCC=C(C#N)C#N. The number of nitrogens with zero attached hydrogens (tertiary/aromatic N) is 3. The summed E-state index contributed by atoms with van der Waals surface area (Å²) in [7, 11) is 3.35. The van der Waals surface area contributed by atoms with Gasteiger partial charge in [0.15, 0.2) is 0 Å². The van der Waals surface area contributed by atoms with E-state index in [1.165, 1.54) is 0 Å². The predicted octanol–water partition coefficient (Wildman–Crippen LogP) is 10.5. The second-order valence-electron chi connectivity index (χ2n) is 11.9. The van der Waals surface area contributed by atoms with Gasteiger partial charge in [0.25, 0.3) is 5.91 Å². The molecular weight excluding hydrogens is 683 g/mol. The Morgan fingerprint density at radius 2 is 1.29 bits per heavy atom. The number of rotatable bonds is 12. The molecule has 1 atom stereocenters. The Bertz CT molecular complexity index is 2140. The largest absolute Gasteiger partial charge is 0.497 e. The lowest BCUT2D eigenvalue weighted by Crippen LogP contribution is -2.31. The highest BCUT2D eigenvalue weighted by atomic mass is 32.2. The first-order chi connectivity index (χ1) is 25.5. The van der Waals surface area contributed by atoms with Crippen LogP contribution in [0.2, 0.25) is 0 Å². The first-order valence-corrected chi connectivity index (χ1v) is 18.6. The summed E-state index contributed by atoms with van der Waals surface area (Å²) in [5.74, 6) is 1.62. The van der Waals surface area contributed by atoms with Gasteiger partial charge in [-0.15, -0.1) is 11.3 Å². The third-order valence-corrected chi connectivity index (χ3v) is 11.2. The quantitative estimate of drug-likeness (QED) is 0.0725. The highest BCUT2D eigenvalue weighted by Crippen LogP contribution is 2.41. The molecule has 4 aromatic carbocycles. The van der Waals surface area contributed by atoms with Crippen LogP contribution in [-0.4, -0.2) is 36.9 Å². The molecule has 6 rings (SSSR count). The average molecular weight is 720 g/mol. The van der Waals surface area contributed by atoms with E-state index in [0.29, 0.717) is 24.3 Å². The number of likely N-dealkylation sites (N-methyl/N-ethyl adjacent to an activating group) is 1. The van der Waals surface area contributed by atoms with Crippen LogP contribution in [0.3, 0.4) is 0 Å². The lowest BCUT2D eigenvalue weighted by Gasteiger charge is -2.20. The van der Waals surface area contributed by atoms with Crippen LogP contribution in [0.25, 0.3) is 27.7 Å². The smallest absolute Gasteiger partial charge is 0.261 e. The summed E-state index contributed by atoms with van der Waals surface area (Å²) in [6.07, 6.45) is 4.87. The van der Waals surface area contributed by atoms with Gasteiger partial charge in [0, 0.05) is 16.3 Å². The number of hydrogen-bond acceptors (Lipinski definition) is 7. The molecule has 1 aliphatic rings. The lowest BCUT2D eigenvalue weighted by atomic mass is 9.85. The summed E-state index contributed by atoms with van der Waals surface area (Å²) >= 11 is 3.21. The van der Waals surface area contributed by atoms with Crippen LogP contribution in [0.15, 0.2) is 132 Å². The number of nitriles is 2. The van der Waals surface area contributed by atoms with Crippen LogP contribution < -0.4 is 9.47 Å². The van der Waals surface area contributed by atoms with Gasteiger partial charge in [0.1, 0.15) is 29.2 Å². The minimum absolute atomic E-state index is 0.0197. The van der Waals surface area contributed by atoms with Crippen molar-refractivity contribution >= 4 is 46.2 Å². The van der Waals surface area contributed by atoms with E-state index in [1.807, 2.05) is 60.4 Å². The molecule has 1 fully saturated rings. The molecule has 1 amide bonds. The molecule has 0 radical (unpaired) electrons. The summed E-state index contributed by atoms with van der Waals surface area (Å²) < 4.78 is 11.0. The molecule has 0 bridgehead atoms. The molecule has 0 saturated carbocycles. The Labute approximate surface area is 313 Å². The standard InChI is InChI=1S/C44H37N3O3S2/c1-4-47-41(12-8-9-30(28-45)29-46)52-40(44(47)48)27-38-25-26-39(51-38)31-13-15-33(16-14-31)42(32-10-6-5-7-11-32)43(34-17-21-36(49-2)22-18-34)35-19-23-37(50-3)24-20-35/h5-7,9-11,13-27,41H,4,8,12H2,1-3H3. The minimum atomic E-state index is -0.0294. The highest BCUT2D eigenvalue weighted by molar-refractivity contribution is 8.05. The molecule has 1 unspecified atom stereocenters. The number of carbonyl (C=O) groups excluding carboxylic acids is 1. The molecule has 0 spiro atoms. The molecule has 5 aromatic rings. The van der Waals surface area contributed by atoms with Crippen molar-refractivity contribution in [2.24, 2.45) is 0 Å². The van der Waals surface area contributed by atoms with Gasteiger partial charge in [-0.2, -0.15) is 10.5 Å². The van der Waals surface area contributed by atoms with Crippen LogP contribution in [0, 0.1) is 22.7 Å². The Kier molecular flexibility index (Phi) is 11.7. The first-order valence-electron chi connectivity index (χ1n) is 16.9. The van der Waals surface area contributed by atoms with Gasteiger partial charge < -0.3 is 14.4 Å². The van der Waals surface area contributed by atoms with Crippen molar-refractivity contribution in [3.8, 4) is 34.1 Å². The zero-order valence-corrected chi connectivity index (χ0v) is 30.8. The second kappa shape index (κ2) is 16.9. The molecule has 2 heterocycles. The number of benzene rings is 4. The van der Waals surface area contributed by atoms with Gasteiger partial charge in [-0.25, -0.2) is 0 Å². The van der Waals surface area contributed by atoms with Gasteiger partial charge in [0.05, 0.1) is 24.5 Å². The van der Waals surface area contributed by atoms with Crippen molar-refractivity contribution in [2.75, 3.05) is 20.8 Å². The van der Waals surface area contributed by atoms with E-state index in [9.17, 15) is 4.79 Å². The Morgan fingerprint density at radius 1 is 0.750 bits per heavy atom. The number of thioether (sulfide) groups is 1. The Morgan fingerprint density at radius 3 is 1.81 bits per heavy atom. The number of amides is 1. The predicted molar refractivity (Wildman–Crippen MR) is 212 cm³/mol. The monoisotopic (exact) mass is 719 g/mol. The number of carbonyl (C=O) groups is 1. The highest BCUT2D eigenvalue weighted by Gasteiger charge is 2.34. The fourth-order valence-corrected chi connectivity index (χ4v) is 8.59. The summed E-state index contributed by atoms with van der Waals surface area (Å²) in [4.78, 5) is 18.0. The zero-order chi connectivity index (χ0) is 36.5. The van der Waals surface area contributed by atoms with Crippen LogP contribution in [0.5, 0.6) is 11.5 Å². The Hall–Kier alpha value is -5.80. The summed E-state index contributed by atoms with van der Waals surface area (Å²) in [6.45, 7) is 2.57. The van der Waals surface area contributed by atoms with Crippen LogP contribution in [-0.2, 0) is 4.79 Å². The van der Waals surface area contributed by atoms with Crippen molar-refractivity contribution in [1.29, 1.82) is 10.5 Å². The van der Waals surface area contributed by atoms with E-state index in [4.69, 9.17) is 20.0 Å². The molecule has 0 aliphatic carbocycles. The zero-order valence-electron chi connectivity index (χ0n) is 29.2. The van der Waals surface area contributed by atoms with Crippen molar-refractivity contribution in [3.63, 3.8) is 0 Å².